The van der Waals surface area contributed by atoms with Crippen LogP contribution in [0.25, 0.3) is 0 Å². The minimum Gasteiger partial charge on any atom is -0.354 e. The number of hydrazine groups is 1. The molecule has 0 aliphatic carbocycles. The van der Waals surface area contributed by atoms with Gasteiger partial charge in [0.15, 0.2) is 0 Å². The van der Waals surface area contributed by atoms with Crippen LogP contribution in [-0.4, -0.2) is 30.4 Å². The SMILES string of the molecule is O=C(NC1CCCNC1=O)C1CC(c2ccc(Cl)cc2)NN1. The lowest BCUT2D eigenvalue weighted by Crippen LogP contribution is -2.54. The molecule has 2 heterocycles. The fourth-order valence-corrected chi connectivity index (χ4v) is 2.95. The van der Waals surface area contributed by atoms with E-state index in [9.17, 15) is 9.59 Å². The number of hydrogen-bond acceptors (Lipinski definition) is 4. The third-order valence-corrected chi connectivity index (χ3v) is 4.35. The lowest BCUT2D eigenvalue weighted by atomic mass is 10.0. The molecule has 3 atom stereocenters. The molecule has 2 amide bonds. The summed E-state index contributed by atoms with van der Waals surface area (Å²) in [7, 11) is 0. The van der Waals surface area contributed by atoms with Crippen LogP contribution in [0.15, 0.2) is 24.3 Å². The van der Waals surface area contributed by atoms with Gasteiger partial charge in [0.05, 0.1) is 0 Å². The standard InChI is InChI=1S/C15H19ClN4O2/c16-10-5-3-9(4-6-10)12-8-13(20-19-12)15(22)18-11-2-1-7-17-14(11)21/h3-6,11-13,19-20H,1-2,7-8H2,(H,17,21)(H,18,22). The molecule has 4 N–H and O–H groups in total. The molecule has 2 aliphatic rings. The van der Waals surface area contributed by atoms with Crippen LogP contribution in [0, 0.1) is 0 Å². The summed E-state index contributed by atoms with van der Waals surface area (Å²) >= 11 is 5.88. The Labute approximate surface area is 134 Å². The topological polar surface area (TPSA) is 82.3 Å². The zero-order valence-corrected chi connectivity index (χ0v) is 12.8. The van der Waals surface area contributed by atoms with Crippen LogP contribution >= 0.6 is 11.6 Å². The van der Waals surface area contributed by atoms with Gasteiger partial charge in [-0.3, -0.25) is 9.59 Å². The van der Waals surface area contributed by atoms with E-state index in [0.717, 1.165) is 12.0 Å². The predicted octanol–water partition coefficient (Wildman–Crippen LogP) is 0.642. The zero-order valence-electron chi connectivity index (χ0n) is 12.1. The molecule has 6 nitrogen and oxygen atoms in total. The van der Waals surface area contributed by atoms with E-state index >= 15 is 0 Å². The van der Waals surface area contributed by atoms with E-state index in [1.165, 1.54) is 0 Å². The third kappa shape index (κ3) is 3.40. The molecule has 0 bridgehead atoms. The first kappa shape index (κ1) is 15.3. The van der Waals surface area contributed by atoms with Gasteiger partial charge in [0.2, 0.25) is 11.8 Å². The van der Waals surface area contributed by atoms with Gasteiger partial charge in [-0.1, -0.05) is 23.7 Å². The fourth-order valence-electron chi connectivity index (χ4n) is 2.82. The first-order valence-electron chi connectivity index (χ1n) is 7.48. The number of hydrogen-bond donors (Lipinski definition) is 4. The highest BCUT2D eigenvalue weighted by atomic mass is 35.5. The molecule has 0 saturated carbocycles. The van der Waals surface area contributed by atoms with Gasteiger partial charge in [-0.05, 0) is 37.0 Å². The molecule has 2 aliphatic heterocycles. The number of benzene rings is 1. The van der Waals surface area contributed by atoms with Crippen LogP contribution in [0.2, 0.25) is 5.02 Å². The van der Waals surface area contributed by atoms with Crippen LogP contribution in [0.5, 0.6) is 0 Å². The predicted molar refractivity (Wildman–Crippen MR) is 83.0 cm³/mol. The molecule has 7 heteroatoms. The zero-order chi connectivity index (χ0) is 15.5. The van der Waals surface area contributed by atoms with Crippen molar-refractivity contribution >= 4 is 23.4 Å². The Morgan fingerprint density at radius 2 is 2.00 bits per heavy atom. The molecular weight excluding hydrogens is 304 g/mol. The van der Waals surface area contributed by atoms with Crippen LogP contribution < -0.4 is 21.5 Å². The van der Waals surface area contributed by atoms with E-state index in [4.69, 9.17) is 11.6 Å². The maximum absolute atomic E-state index is 12.3. The van der Waals surface area contributed by atoms with Gasteiger partial charge >= 0.3 is 0 Å². The molecule has 118 valence electrons. The van der Waals surface area contributed by atoms with E-state index in [1.54, 1.807) is 0 Å². The van der Waals surface area contributed by atoms with Gasteiger partial charge in [0, 0.05) is 17.6 Å². The van der Waals surface area contributed by atoms with Crippen molar-refractivity contribution in [2.75, 3.05) is 6.54 Å². The van der Waals surface area contributed by atoms with Crippen LogP contribution in [0.3, 0.4) is 0 Å². The number of halogens is 1. The van der Waals surface area contributed by atoms with Crippen molar-refractivity contribution in [1.29, 1.82) is 0 Å². The summed E-state index contributed by atoms with van der Waals surface area (Å²) in [6.07, 6.45) is 2.21. The summed E-state index contributed by atoms with van der Waals surface area (Å²) in [6, 6.07) is 6.82. The van der Waals surface area contributed by atoms with Crippen LogP contribution in [-0.2, 0) is 9.59 Å². The molecule has 3 unspecified atom stereocenters. The molecule has 2 saturated heterocycles. The molecule has 2 fully saturated rings. The number of amides is 2. The van der Waals surface area contributed by atoms with E-state index < -0.39 is 6.04 Å². The summed E-state index contributed by atoms with van der Waals surface area (Å²) in [4.78, 5) is 24.0. The lowest BCUT2D eigenvalue weighted by molar-refractivity contribution is -0.130. The van der Waals surface area contributed by atoms with Gasteiger partial charge < -0.3 is 10.6 Å². The maximum Gasteiger partial charge on any atom is 0.242 e. The van der Waals surface area contributed by atoms with Gasteiger partial charge in [-0.2, -0.15) is 0 Å². The molecule has 0 spiro atoms. The van der Waals surface area contributed by atoms with Crippen molar-refractivity contribution in [2.24, 2.45) is 0 Å². The first-order valence-corrected chi connectivity index (χ1v) is 7.86. The highest BCUT2D eigenvalue weighted by Crippen LogP contribution is 2.23. The minimum absolute atomic E-state index is 0.0493. The minimum atomic E-state index is -0.419. The second-order valence-electron chi connectivity index (χ2n) is 5.68. The Morgan fingerprint density at radius 3 is 2.73 bits per heavy atom. The van der Waals surface area contributed by atoms with Gasteiger partial charge in [-0.25, -0.2) is 10.9 Å². The van der Waals surface area contributed by atoms with Gasteiger partial charge in [-0.15, -0.1) is 0 Å². The van der Waals surface area contributed by atoms with E-state index in [2.05, 4.69) is 21.5 Å². The van der Waals surface area contributed by atoms with E-state index in [0.29, 0.717) is 24.4 Å². The Hall–Kier alpha value is -1.63. The second kappa shape index (κ2) is 6.64. The molecule has 0 radical (unpaired) electrons. The van der Waals surface area contributed by atoms with Crippen molar-refractivity contribution < 1.29 is 9.59 Å². The quantitative estimate of drug-likeness (QED) is 0.658. The van der Waals surface area contributed by atoms with Gasteiger partial charge in [0.25, 0.3) is 0 Å². The molecule has 1 aromatic rings. The fraction of sp³-hybridized carbons (Fsp3) is 0.467. The van der Waals surface area contributed by atoms with Crippen LogP contribution in [0.4, 0.5) is 0 Å². The third-order valence-electron chi connectivity index (χ3n) is 4.09. The van der Waals surface area contributed by atoms with E-state index in [1.807, 2.05) is 24.3 Å². The van der Waals surface area contributed by atoms with Crippen molar-refractivity contribution in [3.05, 3.63) is 34.9 Å². The Kier molecular flexibility index (Phi) is 4.61. The normalized spacial score (nSPS) is 28.2. The first-order chi connectivity index (χ1) is 10.6. The number of nitrogens with one attached hydrogen (secondary N) is 4. The van der Waals surface area contributed by atoms with Gasteiger partial charge in [0.1, 0.15) is 12.1 Å². The Bertz CT molecular complexity index is 563. The van der Waals surface area contributed by atoms with Crippen molar-refractivity contribution in [3.8, 4) is 0 Å². The highest BCUT2D eigenvalue weighted by Gasteiger charge is 2.32. The van der Waals surface area contributed by atoms with Crippen molar-refractivity contribution in [1.82, 2.24) is 21.5 Å². The maximum atomic E-state index is 12.3. The monoisotopic (exact) mass is 322 g/mol. The average Bonchev–Trinajstić information content (AvgIpc) is 3.00. The van der Waals surface area contributed by atoms with Crippen molar-refractivity contribution in [3.63, 3.8) is 0 Å². The van der Waals surface area contributed by atoms with Crippen molar-refractivity contribution in [2.45, 2.75) is 37.4 Å². The molecule has 0 aromatic heterocycles. The second-order valence-corrected chi connectivity index (χ2v) is 6.11. The largest absolute Gasteiger partial charge is 0.354 e. The molecule has 22 heavy (non-hydrogen) atoms. The Balaban J connectivity index is 1.56. The molecule has 3 rings (SSSR count). The number of carbonyl (C=O) groups excluding carboxylic acids is 2. The van der Waals surface area contributed by atoms with E-state index in [-0.39, 0.29) is 23.9 Å². The number of carbonyl (C=O) groups is 2. The summed E-state index contributed by atoms with van der Waals surface area (Å²) in [5.74, 6) is -0.245. The number of piperidine rings is 1. The molecular formula is C15H19ClN4O2. The average molecular weight is 323 g/mol. The summed E-state index contributed by atoms with van der Waals surface area (Å²) in [5, 5.41) is 6.27. The molecule has 1 aromatic carbocycles. The summed E-state index contributed by atoms with van der Waals surface area (Å²) in [5.41, 5.74) is 7.19. The number of rotatable bonds is 3. The summed E-state index contributed by atoms with van der Waals surface area (Å²) < 4.78 is 0. The smallest absolute Gasteiger partial charge is 0.242 e. The summed E-state index contributed by atoms with van der Waals surface area (Å²) in [6.45, 7) is 0.688. The van der Waals surface area contributed by atoms with Crippen LogP contribution in [0.1, 0.15) is 30.9 Å². The Morgan fingerprint density at radius 1 is 1.23 bits per heavy atom. The highest BCUT2D eigenvalue weighted by molar-refractivity contribution is 6.30. The lowest BCUT2D eigenvalue weighted by Gasteiger charge is -2.24.